The minimum Gasteiger partial charge on any atom is -0.359 e. The van der Waals surface area contributed by atoms with Crippen molar-refractivity contribution in [3.63, 3.8) is 0 Å². The molecule has 0 aromatic carbocycles. The van der Waals surface area contributed by atoms with Gasteiger partial charge in [-0.25, -0.2) is 0 Å². The minimum absolute atomic E-state index is 0.947. The highest BCUT2D eigenvalue weighted by molar-refractivity contribution is 5.71. The summed E-state index contributed by atoms with van der Waals surface area (Å²) in [4.78, 5) is 3.42. The first-order valence-electron chi connectivity index (χ1n) is 7.58. The average molecular weight is 293 g/mol. The molecule has 0 fully saturated rings. The van der Waals surface area contributed by atoms with Gasteiger partial charge in [-0.05, 0) is 43.4 Å². The zero-order valence-electron chi connectivity index (χ0n) is 12.9. The second-order valence-electron chi connectivity index (χ2n) is 5.95. The minimum atomic E-state index is 0.947. The molecule has 22 heavy (non-hydrogen) atoms. The Balaban J connectivity index is 1.92. The van der Waals surface area contributed by atoms with Crippen LogP contribution in [0.25, 0.3) is 24.0 Å². The summed E-state index contributed by atoms with van der Waals surface area (Å²) in [6.45, 7) is 6.14. The second kappa shape index (κ2) is 4.73. The SMILES string of the molecule is C=c1cnn(C)/c1=C/c1c[nH]c2c1CCCc1c-2n[nH]c1C. The Morgan fingerprint density at radius 3 is 2.91 bits per heavy atom. The second-order valence-corrected chi connectivity index (χ2v) is 5.95. The van der Waals surface area contributed by atoms with Crippen LogP contribution in [0, 0.1) is 6.92 Å². The Hall–Kier alpha value is -2.56. The van der Waals surface area contributed by atoms with Gasteiger partial charge in [0.2, 0.25) is 0 Å². The molecule has 0 spiro atoms. The predicted octanol–water partition coefficient (Wildman–Crippen LogP) is 1.17. The molecular formula is C17H19N5. The van der Waals surface area contributed by atoms with E-state index in [2.05, 4.69) is 46.1 Å². The summed E-state index contributed by atoms with van der Waals surface area (Å²) in [5.41, 5.74) is 7.28. The standard InChI is InChI=1S/C17H19N5/c1-10-8-19-22(3)15(10)7-12-9-18-16-14(12)6-4-5-13-11(2)20-21-17(13)16/h7-9,18H,1,4-6H2,2-3H3,(H,20,21)/b15-7+. The summed E-state index contributed by atoms with van der Waals surface area (Å²) < 4.78 is 1.86. The van der Waals surface area contributed by atoms with Crippen LogP contribution in [0.4, 0.5) is 0 Å². The molecule has 1 aliphatic rings. The van der Waals surface area contributed by atoms with Crippen LogP contribution in [0.1, 0.15) is 28.8 Å². The van der Waals surface area contributed by atoms with Gasteiger partial charge in [-0.2, -0.15) is 10.2 Å². The van der Waals surface area contributed by atoms with Gasteiger partial charge >= 0.3 is 0 Å². The van der Waals surface area contributed by atoms with E-state index < -0.39 is 0 Å². The molecule has 0 aliphatic heterocycles. The molecule has 0 atom stereocenters. The Bertz CT molecular complexity index is 954. The maximum atomic E-state index is 4.50. The van der Waals surface area contributed by atoms with Crippen molar-refractivity contribution >= 4 is 12.7 Å². The molecule has 4 rings (SSSR count). The van der Waals surface area contributed by atoms with E-state index in [4.69, 9.17) is 0 Å². The lowest BCUT2D eigenvalue weighted by Gasteiger charge is -2.00. The highest BCUT2D eigenvalue weighted by Crippen LogP contribution is 2.33. The normalized spacial score (nSPS) is 14.7. The van der Waals surface area contributed by atoms with Gasteiger partial charge in [0.25, 0.3) is 0 Å². The van der Waals surface area contributed by atoms with E-state index in [0.717, 1.165) is 41.2 Å². The molecule has 3 heterocycles. The predicted molar refractivity (Wildman–Crippen MR) is 86.7 cm³/mol. The fraction of sp³-hybridized carbons (Fsp3) is 0.294. The zero-order valence-corrected chi connectivity index (χ0v) is 12.9. The first kappa shape index (κ1) is 13.1. The highest BCUT2D eigenvalue weighted by atomic mass is 15.2. The molecule has 0 bridgehead atoms. The van der Waals surface area contributed by atoms with Gasteiger partial charge in [-0.1, -0.05) is 6.58 Å². The average Bonchev–Trinajstić information content (AvgIpc) is 3.11. The maximum absolute atomic E-state index is 4.50. The maximum Gasteiger partial charge on any atom is 0.112 e. The van der Waals surface area contributed by atoms with Gasteiger partial charge in [0.1, 0.15) is 5.69 Å². The van der Waals surface area contributed by atoms with Crippen LogP contribution in [0.3, 0.4) is 0 Å². The summed E-state index contributed by atoms with van der Waals surface area (Å²) in [6.07, 6.45) is 9.30. The third-order valence-electron chi connectivity index (χ3n) is 4.54. The Labute approximate surface area is 128 Å². The van der Waals surface area contributed by atoms with E-state index in [1.165, 1.54) is 22.4 Å². The quantitative estimate of drug-likeness (QED) is 0.707. The van der Waals surface area contributed by atoms with Gasteiger partial charge in [-0.3, -0.25) is 9.78 Å². The number of rotatable bonds is 1. The number of aromatic amines is 2. The van der Waals surface area contributed by atoms with Crippen LogP contribution >= 0.6 is 0 Å². The van der Waals surface area contributed by atoms with E-state index >= 15 is 0 Å². The fourth-order valence-corrected chi connectivity index (χ4v) is 3.31. The fourth-order valence-electron chi connectivity index (χ4n) is 3.31. The van der Waals surface area contributed by atoms with Crippen LogP contribution in [0.15, 0.2) is 12.4 Å². The van der Waals surface area contributed by atoms with Crippen molar-refractivity contribution in [2.45, 2.75) is 26.2 Å². The number of nitrogens with zero attached hydrogens (tertiary/aromatic N) is 3. The van der Waals surface area contributed by atoms with Gasteiger partial charge < -0.3 is 4.98 Å². The van der Waals surface area contributed by atoms with Gasteiger partial charge in [0, 0.05) is 29.7 Å². The number of hydrogen-bond acceptors (Lipinski definition) is 2. The molecule has 112 valence electrons. The molecule has 0 saturated heterocycles. The van der Waals surface area contributed by atoms with Crippen molar-refractivity contribution < 1.29 is 0 Å². The van der Waals surface area contributed by atoms with E-state index in [-0.39, 0.29) is 0 Å². The molecule has 0 saturated carbocycles. The van der Waals surface area contributed by atoms with Crippen LogP contribution in [-0.2, 0) is 19.9 Å². The number of fused-ring (bicyclic) bond motifs is 3. The molecule has 5 nitrogen and oxygen atoms in total. The molecule has 0 unspecified atom stereocenters. The lowest BCUT2D eigenvalue weighted by molar-refractivity contribution is 0.742. The van der Waals surface area contributed by atoms with E-state index in [1.807, 2.05) is 11.7 Å². The number of nitrogens with one attached hydrogen (secondary N) is 2. The summed E-state index contributed by atoms with van der Waals surface area (Å²) in [5, 5.41) is 13.9. The van der Waals surface area contributed by atoms with Crippen molar-refractivity contribution in [3.8, 4) is 11.4 Å². The monoisotopic (exact) mass is 293 g/mol. The largest absolute Gasteiger partial charge is 0.359 e. The molecule has 3 aromatic heterocycles. The van der Waals surface area contributed by atoms with E-state index in [9.17, 15) is 0 Å². The van der Waals surface area contributed by atoms with Crippen molar-refractivity contribution in [2.75, 3.05) is 0 Å². The molecule has 3 aromatic rings. The van der Waals surface area contributed by atoms with Crippen LogP contribution in [0.2, 0.25) is 0 Å². The van der Waals surface area contributed by atoms with Crippen molar-refractivity contribution in [1.29, 1.82) is 0 Å². The van der Waals surface area contributed by atoms with Gasteiger partial charge in [-0.15, -0.1) is 0 Å². The molecular weight excluding hydrogens is 274 g/mol. The third-order valence-corrected chi connectivity index (χ3v) is 4.54. The van der Waals surface area contributed by atoms with Gasteiger partial charge in [0.15, 0.2) is 0 Å². The van der Waals surface area contributed by atoms with Gasteiger partial charge in [0.05, 0.1) is 17.2 Å². The Morgan fingerprint density at radius 1 is 1.32 bits per heavy atom. The molecule has 5 heteroatoms. The number of hydrogen-bond donors (Lipinski definition) is 2. The summed E-state index contributed by atoms with van der Waals surface area (Å²) in [6, 6.07) is 0. The summed E-state index contributed by atoms with van der Waals surface area (Å²) in [5.74, 6) is 0. The molecule has 0 radical (unpaired) electrons. The first-order valence-corrected chi connectivity index (χ1v) is 7.58. The number of aromatic nitrogens is 5. The third kappa shape index (κ3) is 1.85. The lowest BCUT2D eigenvalue weighted by Crippen LogP contribution is -2.26. The van der Waals surface area contributed by atoms with Crippen LogP contribution in [-0.4, -0.2) is 25.0 Å². The molecule has 2 N–H and O–H groups in total. The van der Waals surface area contributed by atoms with E-state index in [0.29, 0.717) is 0 Å². The molecule has 1 aliphatic carbocycles. The van der Waals surface area contributed by atoms with Crippen molar-refractivity contribution in [2.24, 2.45) is 7.05 Å². The summed E-state index contributed by atoms with van der Waals surface area (Å²) in [7, 11) is 1.95. The smallest absolute Gasteiger partial charge is 0.112 e. The molecule has 0 amide bonds. The lowest BCUT2D eigenvalue weighted by atomic mass is 10.1. The van der Waals surface area contributed by atoms with Crippen LogP contribution in [0.5, 0.6) is 0 Å². The Morgan fingerprint density at radius 2 is 2.14 bits per heavy atom. The topological polar surface area (TPSA) is 62.3 Å². The summed E-state index contributed by atoms with van der Waals surface area (Å²) >= 11 is 0. The number of H-pyrrole nitrogens is 2. The number of aryl methyl sites for hydroxylation is 2. The highest BCUT2D eigenvalue weighted by Gasteiger charge is 2.21. The zero-order chi connectivity index (χ0) is 15.3. The first-order chi connectivity index (χ1) is 10.6. The van der Waals surface area contributed by atoms with Crippen LogP contribution < -0.4 is 10.6 Å². The van der Waals surface area contributed by atoms with Crippen molar-refractivity contribution in [1.82, 2.24) is 25.0 Å². The van der Waals surface area contributed by atoms with Crippen molar-refractivity contribution in [3.05, 3.63) is 45.3 Å². The van der Waals surface area contributed by atoms with E-state index in [1.54, 1.807) is 6.20 Å². The Kier molecular flexibility index (Phi) is 2.82.